The fourth-order valence-corrected chi connectivity index (χ4v) is 3.46. The Bertz CT molecular complexity index is 707. The van der Waals surface area contributed by atoms with E-state index >= 15 is 0 Å². The number of ether oxygens (including phenoxy) is 1. The van der Waals surface area contributed by atoms with Gasteiger partial charge in [-0.3, -0.25) is 4.79 Å². The van der Waals surface area contributed by atoms with Gasteiger partial charge in [0.2, 0.25) is 5.91 Å². The highest BCUT2D eigenvalue weighted by Crippen LogP contribution is 2.42. The van der Waals surface area contributed by atoms with E-state index in [-0.39, 0.29) is 11.7 Å². The van der Waals surface area contributed by atoms with Crippen LogP contribution in [0.5, 0.6) is 5.75 Å². The molecule has 1 aliphatic rings. The molecule has 0 atom stereocenters. The van der Waals surface area contributed by atoms with Gasteiger partial charge in [0.1, 0.15) is 18.2 Å². The number of amides is 1. The van der Waals surface area contributed by atoms with E-state index in [2.05, 4.69) is 5.32 Å². The third-order valence-electron chi connectivity index (χ3n) is 4.79. The summed E-state index contributed by atoms with van der Waals surface area (Å²) in [5.41, 5.74) is 6.44. The predicted octanol–water partition coefficient (Wildman–Crippen LogP) is 3.61. The minimum atomic E-state index is -0.581. The number of nitrogens with two attached hydrogens (primary N) is 1. The van der Waals surface area contributed by atoms with E-state index in [4.69, 9.17) is 10.5 Å². The molecule has 3 N–H and O–H groups in total. The minimum absolute atomic E-state index is 0.0350. The standard InChI is InChI=1S/C20H23FN2O2/c21-16-5-3-15(4-6-16)20(11-1-2-12-20)19(24)23-17-7-9-18(10-8-17)25-14-13-22/h3-10H,1-2,11-14,22H2,(H,23,24). The lowest BCUT2D eigenvalue weighted by atomic mass is 9.78. The van der Waals surface area contributed by atoms with Crippen LogP contribution in [0.4, 0.5) is 10.1 Å². The maximum atomic E-state index is 13.3. The highest BCUT2D eigenvalue weighted by molar-refractivity contribution is 5.99. The summed E-state index contributed by atoms with van der Waals surface area (Å²) in [5.74, 6) is 0.398. The molecule has 0 aliphatic heterocycles. The first-order valence-corrected chi connectivity index (χ1v) is 8.64. The van der Waals surface area contributed by atoms with E-state index in [0.29, 0.717) is 13.2 Å². The van der Waals surface area contributed by atoms with E-state index in [9.17, 15) is 9.18 Å². The molecule has 1 amide bonds. The normalized spacial score (nSPS) is 15.8. The predicted molar refractivity (Wildman–Crippen MR) is 96.2 cm³/mol. The summed E-state index contributed by atoms with van der Waals surface area (Å²) in [5, 5.41) is 3.01. The van der Waals surface area contributed by atoms with Crippen LogP contribution in [0.1, 0.15) is 31.2 Å². The van der Waals surface area contributed by atoms with Crippen molar-refractivity contribution in [2.24, 2.45) is 5.73 Å². The Morgan fingerprint density at radius 3 is 2.32 bits per heavy atom. The SMILES string of the molecule is NCCOc1ccc(NC(=O)C2(c3ccc(F)cc3)CCCC2)cc1. The van der Waals surface area contributed by atoms with Crippen molar-refractivity contribution < 1.29 is 13.9 Å². The second kappa shape index (κ2) is 7.66. The molecular weight excluding hydrogens is 319 g/mol. The number of anilines is 1. The number of carbonyl (C=O) groups excluding carboxylic acids is 1. The smallest absolute Gasteiger partial charge is 0.235 e. The molecule has 0 spiro atoms. The third kappa shape index (κ3) is 3.82. The molecule has 2 aromatic rings. The van der Waals surface area contributed by atoms with Crippen molar-refractivity contribution in [1.82, 2.24) is 0 Å². The van der Waals surface area contributed by atoms with Gasteiger partial charge in [-0.1, -0.05) is 25.0 Å². The molecule has 4 nitrogen and oxygen atoms in total. The zero-order valence-corrected chi connectivity index (χ0v) is 14.1. The van der Waals surface area contributed by atoms with Gasteiger partial charge in [0, 0.05) is 12.2 Å². The van der Waals surface area contributed by atoms with E-state index in [1.807, 2.05) is 24.3 Å². The molecule has 0 bridgehead atoms. The molecule has 2 aromatic carbocycles. The number of benzene rings is 2. The Kier molecular flexibility index (Phi) is 5.34. The molecule has 0 aromatic heterocycles. The largest absolute Gasteiger partial charge is 0.492 e. The van der Waals surface area contributed by atoms with Gasteiger partial charge in [-0.15, -0.1) is 0 Å². The summed E-state index contributed by atoms with van der Waals surface area (Å²) in [7, 11) is 0. The molecule has 0 radical (unpaired) electrons. The summed E-state index contributed by atoms with van der Waals surface area (Å²) in [6.45, 7) is 0.915. The van der Waals surface area contributed by atoms with Gasteiger partial charge in [0.15, 0.2) is 0 Å². The van der Waals surface area contributed by atoms with Crippen molar-refractivity contribution in [1.29, 1.82) is 0 Å². The molecule has 5 heteroatoms. The van der Waals surface area contributed by atoms with Crippen LogP contribution in [0, 0.1) is 5.82 Å². The molecular formula is C20H23FN2O2. The van der Waals surface area contributed by atoms with Crippen molar-refractivity contribution in [2.75, 3.05) is 18.5 Å². The average Bonchev–Trinajstić information content (AvgIpc) is 3.13. The van der Waals surface area contributed by atoms with Crippen LogP contribution in [0.25, 0.3) is 0 Å². The molecule has 1 aliphatic carbocycles. The van der Waals surface area contributed by atoms with Gasteiger partial charge in [-0.05, 0) is 54.8 Å². The monoisotopic (exact) mass is 342 g/mol. The number of halogens is 1. The maximum absolute atomic E-state index is 13.3. The maximum Gasteiger partial charge on any atom is 0.235 e. The van der Waals surface area contributed by atoms with Crippen LogP contribution >= 0.6 is 0 Å². The first-order chi connectivity index (χ1) is 12.1. The molecule has 0 saturated heterocycles. The average molecular weight is 342 g/mol. The summed E-state index contributed by atoms with van der Waals surface area (Å²) >= 11 is 0. The molecule has 0 unspecified atom stereocenters. The molecule has 3 rings (SSSR count). The molecule has 1 fully saturated rings. The van der Waals surface area contributed by atoms with Crippen LogP contribution in [-0.4, -0.2) is 19.1 Å². The van der Waals surface area contributed by atoms with Crippen molar-refractivity contribution in [3.63, 3.8) is 0 Å². The van der Waals surface area contributed by atoms with Gasteiger partial charge < -0.3 is 15.8 Å². The van der Waals surface area contributed by atoms with E-state index < -0.39 is 5.41 Å². The highest BCUT2D eigenvalue weighted by Gasteiger charge is 2.42. The van der Waals surface area contributed by atoms with Gasteiger partial charge in [0.25, 0.3) is 0 Å². The van der Waals surface area contributed by atoms with Gasteiger partial charge >= 0.3 is 0 Å². The Balaban J connectivity index is 1.76. The second-order valence-corrected chi connectivity index (χ2v) is 6.41. The number of nitrogens with one attached hydrogen (secondary N) is 1. The fraction of sp³-hybridized carbons (Fsp3) is 0.350. The number of hydrogen-bond donors (Lipinski definition) is 2. The van der Waals surface area contributed by atoms with Gasteiger partial charge in [0.05, 0.1) is 5.41 Å². The summed E-state index contributed by atoms with van der Waals surface area (Å²) in [6.07, 6.45) is 3.55. The number of rotatable bonds is 6. The summed E-state index contributed by atoms with van der Waals surface area (Å²) in [4.78, 5) is 13.0. The quantitative estimate of drug-likeness (QED) is 0.843. The third-order valence-corrected chi connectivity index (χ3v) is 4.79. The van der Waals surface area contributed by atoms with Crippen LogP contribution in [0.15, 0.2) is 48.5 Å². The highest BCUT2D eigenvalue weighted by atomic mass is 19.1. The lowest BCUT2D eigenvalue weighted by Crippen LogP contribution is -2.38. The second-order valence-electron chi connectivity index (χ2n) is 6.41. The minimum Gasteiger partial charge on any atom is -0.492 e. The number of hydrogen-bond acceptors (Lipinski definition) is 3. The van der Waals surface area contributed by atoms with E-state index in [1.165, 1.54) is 12.1 Å². The zero-order valence-electron chi connectivity index (χ0n) is 14.1. The Morgan fingerprint density at radius 2 is 1.72 bits per heavy atom. The van der Waals surface area contributed by atoms with Crippen LogP contribution in [-0.2, 0) is 10.2 Å². The molecule has 132 valence electrons. The van der Waals surface area contributed by atoms with Crippen molar-refractivity contribution in [3.05, 3.63) is 59.9 Å². The zero-order chi connectivity index (χ0) is 17.7. The van der Waals surface area contributed by atoms with Gasteiger partial charge in [-0.2, -0.15) is 0 Å². The Labute approximate surface area is 147 Å². The first-order valence-electron chi connectivity index (χ1n) is 8.64. The number of carbonyl (C=O) groups is 1. The van der Waals surface area contributed by atoms with Crippen LogP contribution < -0.4 is 15.8 Å². The van der Waals surface area contributed by atoms with Crippen LogP contribution in [0.3, 0.4) is 0 Å². The van der Waals surface area contributed by atoms with Crippen molar-refractivity contribution in [2.45, 2.75) is 31.1 Å². The van der Waals surface area contributed by atoms with E-state index in [1.54, 1.807) is 12.1 Å². The van der Waals surface area contributed by atoms with Crippen LogP contribution in [0.2, 0.25) is 0 Å². The van der Waals surface area contributed by atoms with Crippen molar-refractivity contribution >= 4 is 11.6 Å². The molecule has 25 heavy (non-hydrogen) atoms. The van der Waals surface area contributed by atoms with E-state index in [0.717, 1.165) is 42.7 Å². The fourth-order valence-electron chi connectivity index (χ4n) is 3.46. The lowest BCUT2D eigenvalue weighted by molar-refractivity contribution is -0.121. The molecule has 1 saturated carbocycles. The Morgan fingerprint density at radius 1 is 1.08 bits per heavy atom. The first kappa shape index (κ1) is 17.4. The topological polar surface area (TPSA) is 64.3 Å². The molecule has 0 heterocycles. The lowest BCUT2D eigenvalue weighted by Gasteiger charge is -2.28. The summed E-state index contributed by atoms with van der Waals surface area (Å²) in [6, 6.07) is 13.6. The van der Waals surface area contributed by atoms with Gasteiger partial charge in [-0.25, -0.2) is 4.39 Å². The Hall–Kier alpha value is -2.40. The van der Waals surface area contributed by atoms with Crippen molar-refractivity contribution in [3.8, 4) is 5.75 Å². The summed E-state index contributed by atoms with van der Waals surface area (Å²) < 4.78 is 18.7.